The molecule has 1 N–H and O–H groups in total. The minimum absolute atomic E-state index is 0.164. The summed E-state index contributed by atoms with van der Waals surface area (Å²) in [6.45, 7) is 2.68. The third-order valence-electron chi connectivity index (χ3n) is 1.11. The van der Waals surface area contributed by atoms with Gasteiger partial charge >= 0.3 is 0 Å². The largest absolute Gasteiger partial charge is 0.354 e. The monoisotopic (exact) mass is 206 g/mol. The van der Waals surface area contributed by atoms with E-state index in [2.05, 4.69) is 20.3 Å². The van der Waals surface area contributed by atoms with Gasteiger partial charge in [-0.05, 0) is 18.5 Å². The average Bonchev–Trinajstić information content (AvgIpc) is 2.04. The molecule has 1 rings (SSSR count). The molecule has 0 fully saturated rings. The van der Waals surface area contributed by atoms with Crippen molar-refractivity contribution < 1.29 is 0 Å². The first-order chi connectivity index (χ1) is 5.76. The lowest BCUT2D eigenvalue weighted by molar-refractivity contribution is 0.949. The van der Waals surface area contributed by atoms with Crippen molar-refractivity contribution in [2.24, 2.45) is 0 Å². The maximum absolute atomic E-state index is 5.60. The molecule has 66 valence electrons. The highest BCUT2D eigenvalue weighted by molar-refractivity contribution is 6.28. The highest BCUT2D eigenvalue weighted by Gasteiger charge is 2.01. The molecule has 0 saturated carbocycles. The van der Waals surface area contributed by atoms with Gasteiger partial charge in [-0.1, -0.05) is 0 Å². The topological polar surface area (TPSA) is 50.7 Å². The maximum atomic E-state index is 5.60. The Morgan fingerprint density at radius 1 is 1.33 bits per heavy atom. The minimum atomic E-state index is 0.164. The van der Waals surface area contributed by atoms with Gasteiger partial charge in [0.1, 0.15) is 0 Å². The lowest BCUT2D eigenvalue weighted by Crippen LogP contribution is -2.05. The molecule has 0 aromatic carbocycles. The van der Waals surface area contributed by atoms with E-state index in [0.717, 1.165) is 6.54 Å². The zero-order valence-corrected chi connectivity index (χ0v) is 8.02. The first-order valence-electron chi connectivity index (χ1n) is 3.46. The smallest absolute Gasteiger partial charge is 0.227 e. The van der Waals surface area contributed by atoms with Crippen molar-refractivity contribution in [3.8, 4) is 0 Å². The molecule has 1 heterocycles. The third-order valence-corrected chi connectivity index (χ3v) is 1.52. The standard InChI is InChI=1S/C6H8Cl2N4/c1-2-9-6-11-4(3-7)10-5(8)12-6/h2-3H2,1H3,(H,9,10,11,12). The molecule has 0 amide bonds. The summed E-state index contributed by atoms with van der Waals surface area (Å²) in [5.74, 6) is 1.18. The first-order valence-corrected chi connectivity index (χ1v) is 4.37. The van der Waals surface area contributed by atoms with E-state index in [1.807, 2.05) is 6.92 Å². The van der Waals surface area contributed by atoms with Crippen LogP contribution in [0.25, 0.3) is 0 Å². The van der Waals surface area contributed by atoms with Crippen LogP contribution in [0.1, 0.15) is 12.7 Å². The Morgan fingerprint density at radius 2 is 2.08 bits per heavy atom. The van der Waals surface area contributed by atoms with Crippen molar-refractivity contribution in [1.82, 2.24) is 15.0 Å². The summed E-state index contributed by atoms with van der Waals surface area (Å²) >= 11 is 11.1. The SMILES string of the molecule is CCNc1nc(Cl)nc(CCl)n1. The average molecular weight is 207 g/mol. The summed E-state index contributed by atoms with van der Waals surface area (Å²) < 4.78 is 0. The molecule has 0 atom stereocenters. The molecule has 1 aromatic heterocycles. The van der Waals surface area contributed by atoms with Crippen LogP contribution in [0.4, 0.5) is 5.95 Å². The van der Waals surface area contributed by atoms with Crippen LogP contribution in [-0.2, 0) is 5.88 Å². The molecule has 0 aliphatic carbocycles. The van der Waals surface area contributed by atoms with Crippen LogP contribution in [0.3, 0.4) is 0 Å². The summed E-state index contributed by atoms with van der Waals surface area (Å²) in [4.78, 5) is 11.6. The van der Waals surface area contributed by atoms with Gasteiger partial charge in [0.15, 0.2) is 5.82 Å². The summed E-state index contributed by atoms with van der Waals surface area (Å²) in [7, 11) is 0. The lowest BCUT2D eigenvalue weighted by atomic mass is 10.7. The second-order valence-electron chi connectivity index (χ2n) is 2.01. The van der Waals surface area contributed by atoms with Crippen molar-refractivity contribution in [2.75, 3.05) is 11.9 Å². The van der Waals surface area contributed by atoms with Gasteiger partial charge in [-0.15, -0.1) is 11.6 Å². The Kier molecular flexibility index (Phi) is 3.49. The Bertz CT molecular complexity index is 266. The van der Waals surface area contributed by atoms with E-state index in [1.165, 1.54) is 0 Å². The van der Waals surface area contributed by atoms with E-state index in [0.29, 0.717) is 11.8 Å². The zero-order valence-electron chi connectivity index (χ0n) is 6.51. The highest BCUT2D eigenvalue weighted by atomic mass is 35.5. The molecule has 0 spiro atoms. The Morgan fingerprint density at radius 3 is 2.67 bits per heavy atom. The van der Waals surface area contributed by atoms with Gasteiger partial charge < -0.3 is 5.32 Å². The van der Waals surface area contributed by atoms with E-state index in [9.17, 15) is 0 Å². The Labute approximate surface area is 80.3 Å². The van der Waals surface area contributed by atoms with Crippen molar-refractivity contribution >= 4 is 29.2 Å². The van der Waals surface area contributed by atoms with Crippen LogP contribution in [0, 0.1) is 0 Å². The first kappa shape index (κ1) is 9.48. The van der Waals surface area contributed by atoms with Gasteiger partial charge in [0.25, 0.3) is 0 Å². The number of halogens is 2. The normalized spacial score (nSPS) is 9.92. The predicted molar refractivity (Wildman–Crippen MR) is 48.6 cm³/mol. The summed E-state index contributed by atoms with van der Waals surface area (Å²) in [5, 5.41) is 3.08. The van der Waals surface area contributed by atoms with Gasteiger partial charge in [0, 0.05) is 6.54 Å². The fourth-order valence-corrected chi connectivity index (χ4v) is 0.985. The molecular weight excluding hydrogens is 199 g/mol. The quantitative estimate of drug-likeness (QED) is 0.766. The van der Waals surface area contributed by atoms with E-state index < -0.39 is 0 Å². The molecule has 0 aliphatic rings. The number of anilines is 1. The van der Waals surface area contributed by atoms with E-state index in [1.54, 1.807) is 0 Å². The summed E-state index contributed by atoms with van der Waals surface area (Å²) in [6.07, 6.45) is 0. The van der Waals surface area contributed by atoms with Crippen LogP contribution in [-0.4, -0.2) is 21.5 Å². The fourth-order valence-electron chi connectivity index (χ4n) is 0.688. The Hall–Kier alpha value is -0.610. The maximum Gasteiger partial charge on any atom is 0.227 e. The molecule has 4 nitrogen and oxygen atoms in total. The summed E-state index contributed by atoms with van der Waals surface area (Å²) in [6, 6.07) is 0. The molecular formula is C6H8Cl2N4. The second kappa shape index (κ2) is 4.42. The minimum Gasteiger partial charge on any atom is -0.354 e. The van der Waals surface area contributed by atoms with E-state index in [-0.39, 0.29) is 11.2 Å². The van der Waals surface area contributed by atoms with Gasteiger partial charge in [0.05, 0.1) is 5.88 Å². The lowest BCUT2D eigenvalue weighted by Gasteiger charge is -2.01. The van der Waals surface area contributed by atoms with Gasteiger partial charge in [0.2, 0.25) is 11.2 Å². The van der Waals surface area contributed by atoms with E-state index >= 15 is 0 Å². The molecule has 0 aliphatic heterocycles. The van der Waals surface area contributed by atoms with Crippen LogP contribution in [0.5, 0.6) is 0 Å². The van der Waals surface area contributed by atoms with Gasteiger partial charge in [-0.25, -0.2) is 4.98 Å². The number of hydrogen-bond acceptors (Lipinski definition) is 4. The number of nitrogens with one attached hydrogen (secondary N) is 1. The van der Waals surface area contributed by atoms with Crippen LogP contribution in [0.15, 0.2) is 0 Å². The van der Waals surface area contributed by atoms with Crippen molar-refractivity contribution in [3.05, 3.63) is 11.1 Å². The van der Waals surface area contributed by atoms with Crippen LogP contribution < -0.4 is 5.32 Å². The molecule has 0 bridgehead atoms. The predicted octanol–water partition coefficient (Wildman–Crippen LogP) is 1.70. The van der Waals surface area contributed by atoms with Gasteiger partial charge in [-0.3, -0.25) is 0 Å². The summed E-state index contributed by atoms with van der Waals surface area (Å²) in [5.41, 5.74) is 0. The number of rotatable bonds is 3. The number of aromatic nitrogens is 3. The number of hydrogen-bond donors (Lipinski definition) is 1. The fraction of sp³-hybridized carbons (Fsp3) is 0.500. The Balaban J connectivity index is 2.90. The molecule has 0 saturated heterocycles. The molecule has 1 aromatic rings. The molecule has 6 heteroatoms. The van der Waals surface area contributed by atoms with Crippen LogP contribution in [0.2, 0.25) is 5.28 Å². The molecule has 12 heavy (non-hydrogen) atoms. The van der Waals surface area contributed by atoms with Crippen molar-refractivity contribution in [1.29, 1.82) is 0 Å². The third kappa shape index (κ3) is 2.46. The second-order valence-corrected chi connectivity index (χ2v) is 2.61. The van der Waals surface area contributed by atoms with E-state index in [4.69, 9.17) is 23.2 Å². The highest BCUT2D eigenvalue weighted by Crippen LogP contribution is 2.06. The van der Waals surface area contributed by atoms with Crippen LogP contribution >= 0.6 is 23.2 Å². The molecule has 0 unspecified atom stereocenters. The molecule has 0 radical (unpaired) electrons. The van der Waals surface area contributed by atoms with Crippen molar-refractivity contribution in [3.63, 3.8) is 0 Å². The van der Waals surface area contributed by atoms with Gasteiger partial charge in [-0.2, -0.15) is 9.97 Å². The van der Waals surface area contributed by atoms with Crippen molar-refractivity contribution in [2.45, 2.75) is 12.8 Å². The zero-order chi connectivity index (χ0) is 8.97. The number of nitrogens with zero attached hydrogens (tertiary/aromatic N) is 3. The number of alkyl halides is 1.